The van der Waals surface area contributed by atoms with Crippen LogP contribution in [-0.4, -0.2) is 56.8 Å². The zero-order valence-electron chi connectivity index (χ0n) is 11.5. The molecule has 22 heavy (non-hydrogen) atoms. The van der Waals surface area contributed by atoms with Gasteiger partial charge in [0.05, 0.1) is 22.3 Å². The van der Waals surface area contributed by atoms with Crippen molar-refractivity contribution in [3.8, 4) is 0 Å². The van der Waals surface area contributed by atoms with Crippen molar-refractivity contribution < 1.29 is 31.1 Å². The van der Waals surface area contributed by atoms with Crippen LogP contribution in [0.3, 0.4) is 0 Å². The number of sulfonamides is 1. The zero-order chi connectivity index (χ0) is 16.7. The summed E-state index contributed by atoms with van der Waals surface area (Å²) in [6, 6.07) is 3.97. The second kappa shape index (κ2) is 5.60. The summed E-state index contributed by atoms with van der Waals surface area (Å²) in [4.78, 5) is 11.0. The number of benzene rings is 1. The molecule has 122 valence electrons. The highest BCUT2D eigenvalue weighted by Crippen LogP contribution is 2.30. The van der Waals surface area contributed by atoms with Gasteiger partial charge in [-0.3, -0.25) is 4.79 Å². The number of carboxylic acids is 1. The Balaban J connectivity index is 2.44. The smallest absolute Gasteiger partial charge is 0.309 e. The first-order chi connectivity index (χ1) is 10.0. The molecular weight excluding hydrogens is 337 g/mol. The molecule has 1 N–H and O–H groups in total. The van der Waals surface area contributed by atoms with Crippen molar-refractivity contribution in [1.82, 2.24) is 4.31 Å². The van der Waals surface area contributed by atoms with Crippen molar-refractivity contribution in [3.63, 3.8) is 0 Å². The summed E-state index contributed by atoms with van der Waals surface area (Å²) in [5.41, 5.74) is 0. The molecule has 1 heterocycles. The fourth-order valence-electron chi connectivity index (χ4n) is 2.36. The van der Waals surface area contributed by atoms with E-state index in [4.69, 9.17) is 0 Å². The summed E-state index contributed by atoms with van der Waals surface area (Å²) in [6.07, 6.45) is 0.888. The molecule has 0 bridgehead atoms. The molecule has 1 fully saturated rings. The minimum atomic E-state index is -4.10. The van der Waals surface area contributed by atoms with Gasteiger partial charge in [-0.05, 0) is 24.3 Å². The first kappa shape index (κ1) is 16.8. The number of aliphatic carboxylic acids is 1. The number of rotatable bonds is 4. The molecule has 0 radical (unpaired) electrons. The summed E-state index contributed by atoms with van der Waals surface area (Å²) in [5, 5.41) is 7.76. The van der Waals surface area contributed by atoms with E-state index in [1.807, 2.05) is 0 Å². The van der Waals surface area contributed by atoms with Gasteiger partial charge in [-0.1, -0.05) is 0 Å². The monoisotopic (exact) mass is 351 g/mol. The van der Waals surface area contributed by atoms with Crippen LogP contribution >= 0.6 is 0 Å². The number of carbonyl (C=O) groups is 1. The van der Waals surface area contributed by atoms with Crippen molar-refractivity contribution in [2.75, 3.05) is 19.3 Å². The van der Waals surface area contributed by atoms with E-state index in [1.165, 1.54) is 0 Å². The Kier molecular flexibility index (Phi) is 4.28. The fraction of sp³-hybridized carbons (Fsp3) is 0.417. The van der Waals surface area contributed by atoms with E-state index in [-0.39, 0.29) is 4.90 Å². The quantitative estimate of drug-likeness (QED) is 0.762. The summed E-state index contributed by atoms with van der Waals surface area (Å²) < 4.78 is 61.9. The maximum absolute atomic E-state index is 12.9. The van der Waals surface area contributed by atoms with Crippen molar-refractivity contribution >= 4 is 25.8 Å². The molecule has 7 nitrogen and oxygen atoms in total. The lowest BCUT2D eigenvalue weighted by Crippen LogP contribution is -2.34. The van der Waals surface area contributed by atoms with Gasteiger partial charge in [-0.15, -0.1) is 0 Å². The highest BCUT2D eigenvalue weighted by Gasteiger charge is 2.48. The molecule has 0 aromatic heterocycles. The molecule has 1 aromatic carbocycles. The second-order valence-corrected chi connectivity index (χ2v) is 9.21. The molecule has 2 rings (SSSR count). The van der Waals surface area contributed by atoms with Crippen LogP contribution in [0.1, 0.15) is 0 Å². The van der Waals surface area contributed by atoms with Crippen LogP contribution in [0.25, 0.3) is 0 Å². The van der Waals surface area contributed by atoms with Crippen molar-refractivity contribution in [1.29, 1.82) is 0 Å². The molecule has 1 saturated heterocycles. The molecule has 0 spiro atoms. The minimum absolute atomic E-state index is 0.236. The fourth-order valence-corrected chi connectivity index (χ4v) is 5.19. The minimum Gasteiger partial charge on any atom is -0.481 e. The van der Waals surface area contributed by atoms with Crippen LogP contribution in [0.2, 0.25) is 0 Å². The van der Waals surface area contributed by atoms with Crippen LogP contribution in [0, 0.1) is 11.7 Å². The Morgan fingerprint density at radius 2 is 1.73 bits per heavy atom. The highest BCUT2D eigenvalue weighted by atomic mass is 32.2. The standard InChI is InChI=1S/C12H14FNO6S2/c1-21(17,18)14-6-10(12(15)16)11(7-14)22(19,20)9-4-2-8(13)3-5-9/h2-5,10-11H,6-7H2,1H3,(H,15,16)/t10-,11-/m0/s1. The van der Waals surface area contributed by atoms with E-state index < -0.39 is 55.9 Å². The topological polar surface area (TPSA) is 109 Å². The summed E-state index contributed by atoms with van der Waals surface area (Å²) in [6.45, 7) is -0.839. The molecule has 2 atom stereocenters. The molecule has 0 amide bonds. The average molecular weight is 351 g/mol. The van der Waals surface area contributed by atoms with Crippen molar-refractivity contribution in [3.05, 3.63) is 30.1 Å². The maximum atomic E-state index is 12.9. The third-order valence-corrected chi connectivity index (χ3v) is 7.00. The van der Waals surface area contributed by atoms with Crippen LogP contribution in [0.15, 0.2) is 29.2 Å². The van der Waals surface area contributed by atoms with Gasteiger partial charge in [0.25, 0.3) is 0 Å². The van der Waals surface area contributed by atoms with E-state index in [9.17, 15) is 31.1 Å². The normalized spacial score (nSPS) is 23.5. The lowest BCUT2D eigenvalue weighted by Gasteiger charge is -2.15. The first-order valence-corrected chi connectivity index (χ1v) is 9.60. The molecule has 0 aliphatic carbocycles. The predicted molar refractivity (Wildman–Crippen MR) is 74.9 cm³/mol. The third kappa shape index (κ3) is 3.13. The number of hydrogen-bond donors (Lipinski definition) is 1. The number of sulfone groups is 1. The van der Waals surface area contributed by atoms with Crippen LogP contribution in [-0.2, 0) is 24.7 Å². The zero-order valence-corrected chi connectivity index (χ0v) is 13.1. The van der Waals surface area contributed by atoms with Crippen LogP contribution in [0.4, 0.5) is 4.39 Å². The van der Waals surface area contributed by atoms with Gasteiger partial charge < -0.3 is 5.11 Å². The summed E-state index contributed by atoms with van der Waals surface area (Å²) >= 11 is 0. The molecule has 0 saturated carbocycles. The second-order valence-electron chi connectivity index (χ2n) is 5.06. The number of hydrogen-bond acceptors (Lipinski definition) is 5. The highest BCUT2D eigenvalue weighted by molar-refractivity contribution is 7.92. The van der Waals surface area contributed by atoms with E-state index in [1.54, 1.807) is 0 Å². The van der Waals surface area contributed by atoms with E-state index in [2.05, 4.69) is 0 Å². The van der Waals surface area contributed by atoms with Crippen molar-refractivity contribution in [2.24, 2.45) is 5.92 Å². The molecule has 1 aliphatic heterocycles. The van der Waals surface area contributed by atoms with E-state index >= 15 is 0 Å². The lowest BCUT2D eigenvalue weighted by molar-refractivity contribution is -0.141. The molecular formula is C12H14FNO6S2. The van der Waals surface area contributed by atoms with Gasteiger partial charge >= 0.3 is 5.97 Å². The summed E-state index contributed by atoms with van der Waals surface area (Å²) in [7, 11) is -7.80. The largest absolute Gasteiger partial charge is 0.481 e. The first-order valence-electron chi connectivity index (χ1n) is 6.21. The number of carboxylic acid groups (broad SMARTS) is 1. The number of halogens is 1. The Morgan fingerprint density at radius 1 is 1.18 bits per heavy atom. The van der Waals surface area contributed by atoms with Gasteiger partial charge in [0.2, 0.25) is 10.0 Å². The Hall–Kier alpha value is -1.52. The molecule has 10 heteroatoms. The molecule has 1 aromatic rings. The average Bonchev–Trinajstić information content (AvgIpc) is 2.85. The SMILES string of the molecule is CS(=O)(=O)N1C[C@H](C(=O)O)[C@@H](S(=O)(=O)c2ccc(F)cc2)C1. The maximum Gasteiger partial charge on any atom is 0.309 e. The van der Waals surface area contributed by atoms with Gasteiger partial charge in [-0.25, -0.2) is 21.2 Å². The Morgan fingerprint density at radius 3 is 2.18 bits per heavy atom. The van der Waals surface area contributed by atoms with Gasteiger partial charge in [0.1, 0.15) is 5.82 Å². The van der Waals surface area contributed by atoms with E-state index in [0.717, 1.165) is 34.8 Å². The van der Waals surface area contributed by atoms with Gasteiger partial charge in [-0.2, -0.15) is 4.31 Å². The Labute approximate surface area is 127 Å². The molecule has 0 unspecified atom stereocenters. The van der Waals surface area contributed by atoms with Gasteiger partial charge in [0.15, 0.2) is 9.84 Å². The summed E-state index contributed by atoms with van der Waals surface area (Å²) in [5.74, 6) is -3.38. The van der Waals surface area contributed by atoms with Gasteiger partial charge in [0, 0.05) is 13.1 Å². The Bertz CT molecular complexity index is 787. The third-order valence-electron chi connectivity index (χ3n) is 3.56. The van der Waals surface area contributed by atoms with Crippen LogP contribution < -0.4 is 0 Å². The predicted octanol–water partition coefficient (Wildman–Crippen LogP) is -0.0560. The molecule has 1 aliphatic rings. The van der Waals surface area contributed by atoms with Crippen molar-refractivity contribution in [2.45, 2.75) is 10.1 Å². The van der Waals surface area contributed by atoms with E-state index in [0.29, 0.717) is 0 Å². The lowest BCUT2D eigenvalue weighted by atomic mass is 10.1. The number of nitrogens with zero attached hydrogens (tertiary/aromatic N) is 1. The van der Waals surface area contributed by atoms with Crippen LogP contribution in [0.5, 0.6) is 0 Å².